The Morgan fingerprint density at radius 1 is 0.175 bits per heavy atom. The van der Waals surface area contributed by atoms with Crippen LogP contribution >= 0.6 is 0 Å². The maximum Gasteiger partial charge on any atom is 0.0542 e. The normalized spacial score (nSPS) is 11.8. The largest absolute Gasteiger partial charge is 0.309 e. The second-order valence-electron chi connectivity index (χ2n) is 16.5. The third-order valence-electron chi connectivity index (χ3n) is 13.1. The number of para-hydroxylation sites is 5. The average molecular weight is 802 g/mol. The van der Waals surface area contributed by atoms with Crippen molar-refractivity contribution in [3.63, 3.8) is 0 Å². The van der Waals surface area contributed by atoms with Gasteiger partial charge in [0.25, 0.3) is 0 Å². The smallest absolute Gasteiger partial charge is 0.0542 e. The Kier molecular flexibility index (Phi) is 7.91. The molecule has 0 aliphatic carbocycles. The molecule has 13 aromatic rings. The number of fused-ring (bicyclic) bond motifs is 13. The quantitative estimate of drug-likeness (QED) is 0.168. The highest BCUT2D eigenvalue weighted by atomic mass is 15.0. The van der Waals surface area contributed by atoms with Gasteiger partial charge in [0.05, 0.1) is 33.1 Å². The first-order chi connectivity index (χ1) is 31.3. The van der Waals surface area contributed by atoms with Crippen LogP contribution in [0.3, 0.4) is 0 Å². The molecule has 0 saturated heterocycles. The Labute approximate surface area is 363 Å². The summed E-state index contributed by atoms with van der Waals surface area (Å²) in [5, 5.41) is 12.2. The summed E-state index contributed by atoms with van der Waals surface area (Å²) in [6.45, 7) is 0. The first kappa shape index (κ1) is 35.4. The first-order valence-electron chi connectivity index (χ1n) is 21.7. The molecule has 0 amide bonds. The van der Waals surface area contributed by atoms with Gasteiger partial charge in [0.1, 0.15) is 0 Å². The van der Waals surface area contributed by atoms with Crippen LogP contribution in [0.1, 0.15) is 0 Å². The summed E-state index contributed by atoms with van der Waals surface area (Å²) in [4.78, 5) is 0. The predicted octanol–water partition coefficient (Wildman–Crippen LogP) is 16.1. The van der Waals surface area contributed by atoms with Gasteiger partial charge in [-0.1, -0.05) is 152 Å². The Morgan fingerprint density at radius 3 is 0.905 bits per heavy atom. The number of aromatic nitrogens is 3. The van der Waals surface area contributed by atoms with E-state index in [1.165, 1.54) is 87.1 Å². The zero-order valence-corrected chi connectivity index (χ0v) is 34.4. The lowest BCUT2D eigenvalue weighted by atomic mass is 10.0. The number of rotatable bonds is 4. The van der Waals surface area contributed by atoms with Gasteiger partial charge in [0.2, 0.25) is 0 Å². The second-order valence-corrected chi connectivity index (χ2v) is 16.5. The van der Waals surface area contributed by atoms with Crippen molar-refractivity contribution in [1.82, 2.24) is 13.7 Å². The Hall–Kier alpha value is -8.40. The summed E-state index contributed by atoms with van der Waals surface area (Å²) in [5.41, 5.74) is 12.8. The molecule has 3 aromatic heterocycles. The molecular formula is C60H39N3. The predicted molar refractivity (Wildman–Crippen MR) is 268 cm³/mol. The highest BCUT2D eigenvalue weighted by Crippen LogP contribution is 2.40. The molecule has 0 aliphatic heterocycles. The van der Waals surface area contributed by atoms with E-state index in [9.17, 15) is 0 Å². The molecule has 10 aromatic carbocycles. The van der Waals surface area contributed by atoms with Gasteiger partial charge in [-0.15, -0.1) is 0 Å². The number of hydrogen-bond acceptors (Lipinski definition) is 0. The molecule has 0 aliphatic rings. The van der Waals surface area contributed by atoms with E-state index in [1.807, 2.05) is 0 Å². The van der Waals surface area contributed by atoms with Crippen molar-refractivity contribution in [2.45, 2.75) is 0 Å². The van der Waals surface area contributed by atoms with Crippen LogP contribution < -0.4 is 0 Å². The molecule has 3 heteroatoms. The van der Waals surface area contributed by atoms with Crippen molar-refractivity contribution in [3.05, 3.63) is 237 Å². The topological polar surface area (TPSA) is 14.8 Å². The minimum atomic E-state index is 1.10. The fraction of sp³-hybridized carbons (Fsp3) is 0. The zero-order valence-electron chi connectivity index (χ0n) is 34.4. The molecule has 3 heterocycles. The van der Waals surface area contributed by atoms with Crippen LogP contribution in [-0.2, 0) is 0 Å². The van der Waals surface area contributed by atoms with E-state index in [2.05, 4.69) is 250 Å². The Bertz CT molecular complexity index is 3910. The van der Waals surface area contributed by atoms with Gasteiger partial charge in [0.15, 0.2) is 0 Å². The molecule has 63 heavy (non-hydrogen) atoms. The molecule has 0 N–H and O–H groups in total. The van der Waals surface area contributed by atoms with Crippen LogP contribution in [0, 0.1) is 0 Å². The van der Waals surface area contributed by atoms with Crippen LogP contribution in [0.4, 0.5) is 0 Å². The van der Waals surface area contributed by atoms with Crippen LogP contribution in [0.5, 0.6) is 0 Å². The van der Waals surface area contributed by atoms with E-state index >= 15 is 0 Å². The lowest BCUT2D eigenvalue weighted by molar-refractivity contribution is 1.16. The lowest BCUT2D eigenvalue weighted by Gasteiger charge is -2.14. The van der Waals surface area contributed by atoms with E-state index in [0.29, 0.717) is 0 Å². The van der Waals surface area contributed by atoms with Gasteiger partial charge >= 0.3 is 0 Å². The van der Waals surface area contributed by atoms with Crippen molar-refractivity contribution < 1.29 is 0 Å². The summed E-state index contributed by atoms with van der Waals surface area (Å²) < 4.78 is 7.28. The minimum Gasteiger partial charge on any atom is -0.309 e. The number of hydrogen-bond donors (Lipinski definition) is 0. The van der Waals surface area contributed by atoms with Gasteiger partial charge in [-0.2, -0.15) is 0 Å². The monoisotopic (exact) mass is 801 g/mol. The fourth-order valence-electron chi connectivity index (χ4n) is 10.3. The molecule has 0 radical (unpaired) electrons. The SMILES string of the molecule is c1ccc(-n2c3ccccc3c3cc(-c4ccc5c(c4)c4cc(-n6c7ccccc7c7ccccc7c7ccccc7c7ccccc76)ccc4n5-c4ccccc4)ccc32)cc1. The summed E-state index contributed by atoms with van der Waals surface area (Å²) >= 11 is 0. The van der Waals surface area contributed by atoms with Gasteiger partial charge in [-0.05, 0) is 118 Å². The van der Waals surface area contributed by atoms with Crippen molar-refractivity contribution in [2.75, 3.05) is 0 Å². The number of benzene rings is 10. The molecule has 0 bridgehead atoms. The summed E-state index contributed by atoms with van der Waals surface area (Å²) in [5.74, 6) is 0. The molecule has 13 rings (SSSR count). The molecule has 0 saturated carbocycles. The van der Waals surface area contributed by atoms with Crippen molar-refractivity contribution in [3.8, 4) is 28.2 Å². The van der Waals surface area contributed by atoms with Crippen molar-refractivity contribution in [1.29, 1.82) is 0 Å². The van der Waals surface area contributed by atoms with Crippen LogP contribution in [-0.4, -0.2) is 13.7 Å². The summed E-state index contributed by atoms with van der Waals surface area (Å²) in [6.07, 6.45) is 0. The molecule has 294 valence electrons. The van der Waals surface area contributed by atoms with E-state index < -0.39 is 0 Å². The van der Waals surface area contributed by atoms with Crippen LogP contribution in [0.2, 0.25) is 0 Å². The van der Waals surface area contributed by atoms with E-state index in [-0.39, 0.29) is 0 Å². The van der Waals surface area contributed by atoms with Crippen LogP contribution in [0.25, 0.3) is 115 Å². The van der Waals surface area contributed by atoms with Gasteiger partial charge in [-0.25, -0.2) is 0 Å². The molecule has 0 fully saturated rings. The lowest BCUT2D eigenvalue weighted by Crippen LogP contribution is -1.98. The molecule has 0 atom stereocenters. The van der Waals surface area contributed by atoms with Crippen molar-refractivity contribution in [2.24, 2.45) is 0 Å². The first-order valence-corrected chi connectivity index (χ1v) is 21.7. The van der Waals surface area contributed by atoms with Crippen LogP contribution in [0.15, 0.2) is 237 Å². The van der Waals surface area contributed by atoms with Gasteiger partial charge < -0.3 is 13.7 Å². The molecule has 0 unspecified atom stereocenters. The third-order valence-corrected chi connectivity index (χ3v) is 13.1. The zero-order chi connectivity index (χ0) is 41.4. The molecule has 0 spiro atoms. The Balaban J connectivity index is 1.11. The number of nitrogens with zero attached hydrogens (tertiary/aromatic N) is 3. The summed E-state index contributed by atoms with van der Waals surface area (Å²) in [6, 6.07) is 86.7. The van der Waals surface area contributed by atoms with E-state index in [1.54, 1.807) is 0 Å². The maximum absolute atomic E-state index is 2.48. The van der Waals surface area contributed by atoms with Crippen molar-refractivity contribution >= 4 is 87.0 Å². The fourth-order valence-corrected chi connectivity index (χ4v) is 10.3. The third kappa shape index (κ3) is 5.46. The highest BCUT2D eigenvalue weighted by Gasteiger charge is 2.18. The second kappa shape index (κ2) is 14.1. The van der Waals surface area contributed by atoms with Gasteiger partial charge in [0, 0.05) is 49.4 Å². The van der Waals surface area contributed by atoms with Gasteiger partial charge in [-0.3, -0.25) is 0 Å². The molecular weight excluding hydrogens is 763 g/mol. The maximum atomic E-state index is 2.48. The summed E-state index contributed by atoms with van der Waals surface area (Å²) in [7, 11) is 0. The standard InChI is InChI=1S/C60H39N3/c1-3-17-42(18-4-1)61-57-30-16-13-27-51(57)52-37-40(31-34-58(52)61)41-32-35-59-53(38-41)54-39-44(33-36-60(54)62(59)43-19-5-2-6-20-43)63-55-28-14-11-25-49(55)47-23-9-7-21-45(47)46-22-8-10-24-48(46)50-26-12-15-29-56(50)63/h1-39H. The van der Waals surface area contributed by atoms with E-state index in [4.69, 9.17) is 0 Å². The highest BCUT2D eigenvalue weighted by molar-refractivity contribution is 6.20. The van der Waals surface area contributed by atoms with E-state index in [0.717, 1.165) is 28.1 Å². The minimum absolute atomic E-state index is 1.10. The Morgan fingerprint density at radius 2 is 0.460 bits per heavy atom. The average Bonchev–Trinajstić information content (AvgIpc) is 3.87. The molecule has 3 nitrogen and oxygen atoms in total.